The third-order valence-corrected chi connectivity index (χ3v) is 10.9. The van der Waals surface area contributed by atoms with E-state index in [2.05, 4.69) is 31.9 Å². The van der Waals surface area contributed by atoms with Crippen LogP contribution >= 0.6 is 0 Å². The maximum absolute atomic E-state index is 14.8. The molecule has 1 aliphatic carbocycles. The standard InChI is InChI=1S/C46H58N8O10/c1-3-17-34(40(58)44(62)48-27-36(55)52-38(41(47)59)30-19-10-5-11-20-30)51-43(61)35-26-33(50-46(64)49-32-23-14-8-15-24-32)28-54(35)45(63)39(31-21-12-6-13-22-31)53-42(60)29(4-2)18-9-7-16-25-37(56)57/h5,7-11,14-16,18-20,23-25,31,33-35,38-39H,3-4,6,12-13,17,21-22,26-28H2,1-2H3,(H2,47,59)(H,48,62)(H,51,61)(H,52,55)(H,53,60)(H,56,57)(H2,49,50,64)/t33-,34?,35+,38+,39+/m1/s1. The number of amides is 8. The quantitative estimate of drug-likeness (QED) is 0.0516. The lowest BCUT2D eigenvalue weighted by atomic mass is 9.83. The van der Waals surface area contributed by atoms with Crippen LogP contribution in [0.3, 0.4) is 0 Å². The minimum absolute atomic E-state index is 0.0250. The fraction of sp³-hybridized carbons (Fsp3) is 0.413. The van der Waals surface area contributed by atoms with Crippen molar-refractivity contribution >= 4 is 58.9 Å². The van der Waals surface area contributed by atoms with Crippen LogP contribution in [0.25, 0.3) is 0 Å². The lowest BCUT2D eigenvalue weighted by Gasteiger charge is -2.35. The first-order chi connectivity index (χ1) is 30.7. The molecule has 18 heteroatoms. The van der Waals surface area contributed by atoms with Gasteiger partial charge in [-0.25, -0.2) is 9.59 Å². The molecule has 9 N–H and O–H groups in total. The van der Waals surface area contributed by atoms with Gasteiger partial charge in [-0.15, -0.1) is 0 Å². The molecule has 0 bridgehead atoms. The van der Waals surface area contributed by atoms with Crippen LogP contribution < -0.4 is 37.6 Å². The number of rotatable bonds is 21. The van der Waals surface area contributed by atoms with Gasteiger partial charge in [0.25, 0.3) is 5.91 Å². The lowest BCUT2D eigenvalue weighted by Crippen LogP contribution is -2.58. The number of likely N-dealkylation sites (tertiary alicyclic amines) is 1. The summed E-state index contributed by atoms with van der Waals surface area (Å²) in [6.07, 6.45) is 11.2. The monoisotopic (exact) mass is 882 g/mol. The average Bonchev–Trinajstić information content (AvgIpc) is 3.71. The van der Waals surface area contributed by atoms with Crippen LogP contribution in [-0.2, 0) is 38.4 Å². The molecule has 342 valence electrons. The Bertz CT molecular complexity index is 2080. The highest BCUT2D eigenvalue weighted by Crippen LogP contribution is 2.30. The number of hydrogen-bond donors (Lipinski definition) is 8. The molecule has 1 saturated heterocycles. The summed E-state index contributed by atoms with van der Waals surface area (Å²) >= 11 is 0. The lowest BCUT2D eigenvalue weighted by molar-refractivity contribution is -0.144. The molecular formula is C46H58N8O10. The number of para-hydroxylation sites is 1. The highest BCUT2D eigenvalue weighted by molar-refractivity contribution is 6.38. The Balaban J connectivity index is 1.55. The molecule has 64 heavy (non-hydrogen) atoms. The number of hydrogen-bond acceptors (Lipinski definition) is 9. The van der Waals surface area contributed by atoms with E-state index in [-0.39, 0.29) is 31.7 Å². The number of carbonyl (C=O) groups excluding carboxylic acids is 8. The Morgan fingerprint density at radius 2 is 1.50 bits per heavy atom. The third-order valence-electron chi connectivity index (χ3n) is 10.9. The summed E-state index contributed by atoms with van der Waals surface area (Å²) in [6, 6.07) is 10.7. The molecule has 0 radical (unpaired) electrons. The number of urea groups is 1. The number of Topliss-reactive ketones (excluding diaryl/α,β-unsaturated/α-hetero) is 1. The second kappa shape index (κ2) is 25.1. The van der Waals surface area contributed by atoms with E-state index in [1.165, 1.54) is 29.2 Å². The summed E-state index contributed by atoms with van der Waals surface area (Å²) < 4.78 is 0. The largest absolute Gasteiger partial charge is 0.478 e. The predicted octanol–water partition coefficient (Wildman–Crippen LogP) is 2.69. The Labute approximate surface area is 371 Å². The fourth-order valence-electron chi connectivity index (χ4n) is 7.70. The maximum atomic E-state index is 14.8. The fourth-order valence-corrected chi connectivity index (χ4v) is 7.70. The van der Waals surface area contributed by atoms with Crippen molar-refractivity contribution < 1.29 is 48.3 Å². The zero-order valence-electron chi connectivity index (χ0n) is 36.0. The first-order valence-corrected chi connectivity index (χ1v) is 21.5. The van der Waals surface area contributed by atoms with Crippen LogP contribution in [0.1, 0.15) is 83.2 Å². The molecule has 0 spiro atoms. The summed E-state index contributed by atoms with van der Waals surface area (Å²) in [5.74, 6) is -7.13. The summed E-state index contributed by atoms with van der Waals surface area (Å²) in [5.41, 5.74) is 6.73. The summed E-state index contributed by atoms with van der Waals surface area (Å²) in [6.45, 7) is 2.69. The molecule has 5 atom stereocenters. The van der Waals surface area contributed by atoms with Crippen molar-refractivity contribution in [3.05, 3.63) is 102 Å². The van der Waals surface area contributed by atoms with Gasteiger partial charge in [-0.3, -0.25) is 33.6 Å². The predicted molar refractivity (Wildman–Crippen MR) is 237 cm³/mol. The number of carboxylic acid groups (broad SMARTS) is 1. The molecule has 2 aliphatic rings. The van der Waals surface area contributed by atoms with Gasteiger partial charge in [-0.1, -0.05) is 112 Å². The van der Waals surface area contributed by atoms with Gasteiger partial charge in [0, 0.05) is 23.9 Å². The normalized spacial score (nSPS) is 18.0. The number of anilines is 1. The van der Waals surface area contributed by atoms with Crippen LogP contribution in [0.5, 0.6) is 0 Å². The van der Waals surface area contributed by atoms with Gasteiger partial charge < -0.3 is 47.6 Å². The van der Waals surface area contributed by atoms with Crippen molar-refractivity contribution in [3.63, 3.8) is 0 Å². The molecular weight excluding hydrogens is 825 g/mol. The number of carboxylic acids is 1. The van der Waals surface area contributed by atoms with E-state index in [0.29, 0.717) is 36.1 Å². The number of ketones is 1. The first-order valence-electron chi connectivity index (χ1n) is 21.5. The molecule has 4 rings (SSSR count). The highest BCUT2D eigenvalue weighted by Gasteiger charge is 2.45. The molecule has 18 nitrogen and oxygen atoms in total. The van der Waals surface area contributed by atoms with Gasteiger partial charge in [0.1, 0.15) is 18.1 Å². The number of benzene rings is 2. The Morgan fingerprint density at radius 1 is 0.828 bits per heavy atom. The van der Waals surface area contributed by atoms with Crippen molar-refractivity contribution in [2.75, 3.05) is 18.4 Å². The van der Waals surface area contributed by atoms with E-state index in [1.807, 2.05) is 0 Å². The van der Waals surface area contributed by atoms with Crippen LogP contribution in [0, 0.1) is 5.92 Å². The summed E-state index contributed by atoms with van der Waals surface area (Å²) in [5, 5.41) is 24.7. The SMILES string of the molecule is CCCC(NC(=O)[C@@H]1C[C@@H](NC(=O)Nc2ccccc2)CN1C(=O)[C@@H](NC(=O)C(=CC=CC=CC(=O)O)CC)C1CCCCC1)C(=O)C(=O)NCC(=O)N[C@H](C(N)=O)c1ccccc1. The van der Waals surface area contributed by atoms with Crippen molar-refractivity contribution in [1.82, 2.24) is 31.5 Å². The molecule has 2 aromatic rings. The number of carbonyl (C=O) groups is 9. The Kier molecular flexibility index (Phi) is 19.4. The van der Waals surface area contributed by atoms with Crippen molar-refractivity contribution in [2.24, 2.45) is 11.7 Å². The van der Waals surface area contributed by atoms with E-state index in [9.17, 15) is 43.2 Å². The Morgan fingerprint density at radius 3 is 2.12 bits per heavy atom. The van der Waals surface area contributed by atoms with Gasteiger partial charge in [0.2, 0.25) is 35.3 Å². The van der Waals surface area contributed by atoms with Gasteiger partial charge >= 0.3 is 12.0 Å². The molecule has 2 fully saturated rings. The van der Waals surface area contributed by atoms with Crippen LogP contribution in [0.2, 0.25) is 0 Å². The number of nitrogens with zero attached hydrogens (tertiary/aromatic N) is 1. The summed E-state index contributed by atoms with van der Waals surface area (Å²) in [7, 11) is 0. The number of nitrogens with two attached hydrogens (primary N) is 1. The number of aliphatic carboxylic acids is 1. The molecule has 2 aromatic carbocycles. The smallest absolute Gasteiger partial charge is 0.328 e. The zero-order chi connectivity index (χ0) is 46.6. The van der Waals surface area contributed by atoms with Crippen LogP contribution in [0.4, 0.5) is 10.5 Å². The molecule has 1 saturated carbocycles. The van der Waals surface area contributed by atoms with E-state index in [1.54, 1.807) is 74.5 Å². The molecule has 1 aliphatic heterocycles. The number of allylic oxidation sites excluding steroid dienone is 4. The van der Waals surface area contributed by atoms with E-state index >= 15 is 0 Å². The first kappa shape index (κ1) is 49.5. The Hall–Kier alpha value is -7.11. The van der Waals surface area contributed by atoms with E-state index in [4.69, 9.17) is 10.8 Å². The molecule has 1 unspecified atom stereocenters. The second-order valence-corrected chi connectivity index (χ2v) is 15.6. The number of nitrogens with one attached hydrogen (secondary N) is 6. The van der Waals surface area contributed by atoms with E-state index in [0.717, 1.165) is 25.3 Å². The zero-order valence-corrected chi connectivity index (χ0v) is 36.0. The van der Waals surface area contributed by atoms with Gasteiger partial charge in [-0.05, 0) is 55.7 Å². The topological polar surface area (TPSA) is 275 Å². The van der Waals surface area contributed by atoms with Crippen LogP contribution in [-0.4, -0.2) is 100 Å². The second-order valence-electron chi connectivity index (χ2n) is 15.6. The van der Waals surface area contributed by atoms with Gasteiger partial charge in [-0.2, -0.15) is 0 Å². The average molecular weight is 883 g/mol. The van der Waals surface area contributed by atoms with Crippen molar-refractivity contribution in [1.29, 1.82) is 0 Å². The van der Waals surface area contributed by atoms with E-state index < -0.39 is 90.0 Å². The minimum atomic E-state index is -1.36. The van der Waals surface area contributed by atoms with Gasteiger partial charge in [0.15, 0.2) is 0 Å². The maximum Gasteiger partial charge on any atom is 0.328 e. The van der Waals surface area contributed by atoms with Crippen LogP contribution in [0.15, 0.2) is 96.6 Å². The van der Waals surface area contributed by atoms with Crippen molar-refractivity contribution in [2.45, 2.75) is 102 Å². The molecule has 1 heterocycles. The highest BCUT2D eigenvalue weighted by atomic mass is 16.4. The molecule has 8 amide bonds. The molecule has 0 aromatic heterocycles. The summed E-state index contributed by atoms with van der Waals surface area (Å²) in [4.78, 5) is 120. The number of primary amides is 1. The third kappa shape index (κ3) is 15.1. The van der Waals surface area contributed by atoms with Crippen molar-refractivity contribution in [3.8, 4) is 0 Å². The minimum Gasteiger partial charge on any atom is -0.478 e. The van der Waals surface area contributed by atoms with Gasteiger partial charge in [0.05, 0.1) is 18.6 Å².